The molecule has 1 aliphatic heterocycles. The molecule has 0 radical (unpaired) electrons. The maximum Gasteiger partial charge on any atom is 0.269 e. The van der Waals surface area contributed by atoms with Crippen LogP contribution >= 0.6 is 15.9 Å². The lowest BCUT2D eigenvalue weighted by molar-refractivity contribution is -0.138. The molecule has 3 N–H and O–H groups in total. The van der Waals surface area contributed by atoms with Crippen molar-refractivity contribution in [3.8, 4) is 0 Å². The van der Waals surface area contributed by atoms with Gasteiger partial charge in [-0.3, -0.25) is 19.1 Å². The van der Waals surface area contributed by atoms with Gasteiger partial charge in [-0.05, 0) is 52.4 Å². The van der Waals surface area contributed by atoms with Gasteiger partial charge in [0.05, 0.1) is 5.52 Å². The molecule has 32 heavy (non-hydrogen) atoms. The van der Waals surface area contributed by atoms with Gasteiger partial charge in [-0.1, -0.05) is 31.2 Å². The van der Waals surface area contributed by atoms with Crippen molar-refractivity contribution in [1.29, 1.82) is 0 Å². The molecule has 1 saturated carbocycles. The number of nitrogens with zero attached hydrogens (tertiary/aromatic N) is 4. The number of hydrogen-bond donors (Lipinski definition) is 2. The Morgan fingerprint density at radius 2 is 1.97 bits per heavy atom. The molecule has 3 atom stereocenters. The fourth-order valence-corrected chi connectivity index (χ4v) is 5.03. The predicted octanol–water partition coefficient (Wildman–Crippen LogP) is 2.31. The molecular formula is C22H21BrN6O3. The van der Waals surface area contributed by atoms with E-state index in [0.29, 0.717) is 27.7 Å². The molecule has 0 bridgehead atoms. The number of para-hydroxylation sites is 1. The highest BCUT2D eigenvalue weighted by atomic mass is 79.9. The van der Waals surface area contributed by atoms with Crippen LogP contribution in [0.25, 0.3) is 10.9 Å². The Hall–Kier alpha value is -3.27. The van der Waals surface area contributed by atoms with Crippen molar-refractivity contribution < 1.29 is 14.4 Å². The second-order valence-corrected chi connectivity index (χ2v) is 9.43. The van der Waals surface area contributed by atoms with Crippen molar-refractivity contribution in [3.05, 3.63) is 52.8 Å². The van der Waals surface area contributed by atoms with Crippen LogP contribution in [0.3, 0.4) is 0 Å². The highest BCUT2D eigenvalue weighted by molar-refractivity contribution is 9.10. The number of carbonyl (C=O) groups excluding carboxylic acids is 3. The van der Waals surface area contributed by atoms with Gasteiger partial charge in [0.1, 0.15) is 23.0 Å². The molecule has 1 aromatic carbocycles. The molecular weight excluding hydrogens is 476 g/mol. The minimum absolute atomic E-state index is 0.0126. The van der Waals surface area contributed by atoms with Crippen molar-refractivity contribution in [2.75, 3.05) is 5.32 Å². The standard InChI is InChI=1S/C22H21BrN6O3/c1-22-9-14(21(32)26-17-8-4-7-16(23)25-17)29(15(22)10-22)18(30)11-28-13-6-3-2-5-12(13)19(27-28)20(24)31/h2-8,14-15H,9-11H2,1H3,(H2,24,31)(H,25,26,32)/t14-,15+,22-/m0/s1. The molecule has 2 aromatic heterocycles. The second kappa shape index (κ2) is 7.40. The van der Waals surface area contributed by atoms with Crippen LogP contribution in [0.5, 0.6) is 0 Å². The third kappa shape index (κ3) is 3.44. The van der Waals surface area contributed by atoms with Crippen molar-refractivity contribution in [1.82, 2.24) is 19.7 Å². The van der Waals surface area contributed by atoms with Gasteiger partial charge >= 0.3 is 0 Å². The van der Waals surface area contributed by atoms with E-state index < -0.39 is 11.9 Å². The number of amides is 3. The summed E-state index contributed by atoms with van der Waals surface area (Å²) < 4.78 is 2.10. The monoisotopic (exact) mass is 496 g/mol. The Labute approximate surface area is 192 Å². The van der Waals surface area contributed by atoms with Gasteiger partial charge in [0, 0.05) is 11.4 Å². The Balaban J connectivity index is 1.40. The number of nitrogens with two attached hydrogens (primary N) is 1. The molecule has 3 heterocycles. The van der Waals surface area contributed by atoms with Crippen LogP contribution in [-0.4, -0.2) is 49.5 Å². The average molecular weight is 497 g/mol. The number of anilines is 1. The molecule has 0 spiro atoms. The Morgan fingerprint density at radius 3 is 2.72 bits per heavy atom. The molecule has 1 aliphatic carbocycles. The van der Waals surface area contributed by atoms with E-state index in [4.69, 9.17) is 5.73 Å². The zero-order valence-electron chi connectivity index (χ0n) is 17.3. The lowest BCUT2D eigenvalue weighted by atomic mass is 10.0. The lowest BCUT2D eigenvalue weighted by Crippen LogP contribution is -2.46. The number of primary amides is 1. The zero-order chi connectivity index (χ0) is 22.6. The summed E-state index contributed by atoms with van der Waals surface area (Å²) in [5.74, 6) is -0.711. The van der Waals surface area contributed by atoms with Crippen LogP contribution < -0.4 is 11.1 Å². The van der Waals surface area contributed by atoms with Gasteiger partial charge < -0.3 is 16.0 Å². The van der Waals surface area contributed by atoms with Crippen LogP contribution in [0.1, 0.15) is 30.3 Å². The fraction of sp³-hybridized carbons (Fsp3) is 0.318. The van der Waals surface area contributed by atoms with Crippen molar-refractivity contribution in [2.45, 2.75) is 38.4 Å². The van der Waals surface area contributed by atoms with Gasteiger partial charge in [-0.15, -0.1) is 0 Å². The average Bonchev–Trinajstić information content (AvgIpc) is 3.12. The summed E-state index contributed by atoms with van der Waals surface area (Å²) in [5.41, 5.74) is 6.17. The minimum Gasteiger partial charge on any atom is -0.364 e. The molecule has 1 saturated heterocycles. The van der Waals surface area contributed by atoms with Crippen LogP contribution in [-0.2, 0) is 16.1 Å². The quantitative estimate of drug-likeness (QED) is 0.524. The fourth-order valence-electron chi connectivity index (χ4n) is 4.69. The Bertz CT molecular complexity index is 1270. The highest BCUT2D eigenvalue weighted by Crippen LogP contribution is 2.59. The second-order valence-electron chi connectivity index (χ2n) is 8.62. The largest absolute Gasteiger partial charge is 0.364 e. The molecule has 5 rings (SSSR count). The number of nitrogens with one attached hydrogen (secondary N) is 1. The predicted molar refractivity (Wildman–Crippen MR) is 121 cm³/mol. The Kier molecular flexibility index (Phi) is 4.77. The summed E-state index contributed by atoms with van der Waals surface area (Å²) in [7, 11) is 0. The first-order chi connectivity index (χ1) is 15.3. The number of piperidine rings is 1. The topological polar surface area (TPSA) is 123 Å². The molecule has 3 amide bonds. The third-order valence-electron chi connectivity index (χ3n) is 6.37. The lowest BCUT2D eigenvalue weighted by Gasteiger charge is -2.26. The summed E-state index contributed by atoms with van der Waals surface area (Å²) in [6.45, 7) is 2.01. The first kappa shape index (κ1) is 20.6. The van der Waals surface area contributed by atoms with Gasteiger partial charge in [0.25, 0.3) is 5.91 Å². The van der Waals surface area contributed by atoms with Gasteiger partial charge in [0.2, 0.25) is 11.8 Å². The first-order valence-electron chi connectivity index (χ1n) is 10.3. The number of fused-ring (bicyclic) bond motifs is 2. The van der Waals surface area contributed by atoms with Crippen LogP contribution in [0.2, 0.25) is 0 Å². The maximum atomic E-state index is 13.4. The first-order valence-corrected chi connectivity index (χ1v) is 11.1. The number of likely N-dealkylation sites (tertiary alicyclic amines) is 1. The number of pyridine rings is 1. The highest BCUT2D eigenvalue weighted by Gasteiger charge is 2.64. The van der Waals surface area contributed by atoms with E-state index in [2.05, 4.69) is 38.3 Å². The summed E-state index contributed by atoms with van der Waals surface area (Å²) >= 11 is 3.30. The van der Waals surface area contributed by atoms with Gasteiger partial charge in [-0.2, -0.15) is 5.10 Å². The van der Waals surface area contributed by atoms with E-state index in [1.165, 1.54) is 4.68 Å². The van der Waals surface area contributed by atoms with E-state index in [1.54, 1.807) is 41.3 Å². The molecule has 0 unspecified atom stereocenters. The van der Waals surface area contributed by atoms with Crippen LogP contribution in [0, 0.1) is 5.41 Å². The number of hydrogen-bond acceptors (Lipinski definition) is 5. The van der Waals surface area contributed by atoms with Crippen molar-refractivity contribution in [2.24, 2.45) is 11.1 Å². The number of carbonyl (C=O) groups is 3. The van der Waals surface area contributed by atoms with E-state index >= 15 is 0 Å². The maximum absolute atomic E-state index is 13.4. The normalized spacial score (nSPS) is 23.8. The SMILES string of the molecule is C[C@@]12C[C@@H](C(=O)Nc3cccc(Br)n3)N(C(=O)Cn3nc(C(N)=O)c4ccccc43)[C@@H]1C2. The van der Waals surface area contributed by atoms with E-state index in [-0.39, 0.29) is 35.5 Å². The zero-order valence-corrected chi connectivity index (χ0v) is 18.9. The van der Waals surface area contributed by atoms with E-state index in [1.807, 2.05) is 6.07 Å². The third-order valence-corrected chi connectivity index (χ3v) is 6.81. The molecule has 2 fully saturated rings. The molecule has 2 aliphatic rings. The molecule has 9 nitrogen and oxygen atoms in total. The molecule has 10 heteroatoms. The van der Waals surface area contributed by atoms with Gasteiger partial charge in [-0.25, -0.2) is 4.98 Å². The number of rotatable bonds is 5. The number of aromatic nitrogens is 3. The van der Waals surface area contributed by atoms with Gasteiger partial charge in [0.15, 0.2) is 5.69 Å². The molecule has 3 aromatic rings. The summed E-state index contributed by atoms with van der Waals surface area (Å²) in [4.78, 5) is 44.2. The number of halogens is 1. The summed E-state index contributed by atoms with van der Waals surface area (Å²) in [6, 6.07) is 11.8. The van der Waals surface area contributed by atoms with Crippen LogP contribution in [0.15, 0.2) is 47.1 Å². The number of benzene rings is 1. The molecule has 164 valence electrons. The smallest absolute Gasteiger partial charge is 0.269 e. The minimum atomic E-state index is -0.651. The van der Waals surface area contributed by atoms with Crippen molar-refractivity contribution in [3.63, 3.8) is 0 Å². The van der Waals surface area contributed by atoms with E-state index in [9.17, 15) is 14.4 Å². The Morgan fingerprint density at radius 1 is 1.19 bits per heavy atom. The summed E-state index contributed by atoms with van der Waals surface area (Å²) in [5, 5.41) is 7.70. The van der Waals surface area contributed by atoms with Crippen LogP contribution in [0.4, 0.5) is 5.82 Å². The van der Waals surface area contributed by atoms with Crippen molar-refractivity contribution >= 4 is 50.4 Å². The summed E-state index contributed by atoms with van der Waals surface area (Å²) in [6.07, 6.45) is 1.46. The van der Waals surface area contributed by atoms with E-state index in [0.717, 1.165) is 6.42 Å².